The molecule has 0 N–H and O–H groups in total. The molecule has 0 saturated heterocycles. The normalized spacial score (nSPS) is 16.5. The van der Waals surface area contributed by atoms with E-state index < -0.39 is 17.7 Å². The number of methoxy groups -OCH3 is 1. The molecule has 2 rings (SSSR count). The van der Waals surface area contributed by atoms with Gasteiger partial charge in [0.25, 0.3) is 5.91 Å². The lowest BCUT2D eigenvalue weighted by atomic mass is 10.0. The smallest absolute Gasteiger partial charge is 0.326 e. The van der Waals surface area contributed by atoms with Crippen molar-refractivity contribution in [2.75, 3.05) is 25.2 Å². The maximum Gasteiger partial charge on any atom is 0.326 e. The number of rotatable bonds is 7. The third-order valence-corrected chi connectivity index (χ3v) is 4.04. The molecule has 0 bridgehead atoms. The highest BCUT2D eigenvalue weighted by molar-refractivity contribution is 6.06. The van der Waals surface area contributed by atoms with E-state index in [4.69, 9.17) is 14.2 Å². The zero-order valence-electron chi connectivity index (χ0n) is 15.8. The van der Waals surface area contributed by atoms with Crippen molar-refractivity contribution in [1.29, 1.82) is 0 Å². The summed E-state index contributed by atoms with van der Waals surface area (Å²) in [6, 6.07) is 4.90. The molecule has 1 amide bonds. The van der Waals surface area contributed by atoms with Crippen LogP contribution in [0.25, 0.3) is 0 Å². The van der Waals surface area contributed by atoms with Gasteiger partial charge in [-0.15, -0.1) is 0 Å². The van der Waals surface area contributed by atoms with Gasteiger partial charge in [-0.1, -0.05) is 6.92 Å². The van der Waals surface area contributed by atoms with Crippen LogP contribution in [0.5, 0.6) is 5.75 Å². The molecule has 1 unspecified atom stereocenters. The monoisotopic (exact) mass is 363 g/mol. The Morgan fingerprint density at radius 2 is 2.00 bits per heavy atom. The number of fused-ring (bicyclic) bond motifs is 1. The van der Waals surface area contributed by atoms with Gasteiger partial charge in [0.05, 0.1) is 12.3 Å². The average molecular weight is 363 g/mol. The third-order valence-electron chi connectivity index (χ3n) is 4.04. The largest absolute Gasteiger partial charge is 0.476 e. The lowest BCUT2D eigenvalue weighted by Gasteiger charge is -2.38. The Bertz CT molecular complexity index is 712. The predicted molar refractivity (Wildman–Crippen MR) is 95.6 cm³/mol. The summed E-state index contributed by atoms with van der Waals surface area (Å²) in [5.41, 5.74) is -0.264. The summed E-state index contributed by atoms with van der Waals surface area (Å²) < 4.78 is 16.0. The van der Waals surface area contributed by atoms with Crippen molar-refractivity contribution >= 4 is 23.3 Å². The number of esters is 1. The van der Waals surface area contributed by atoms with E-state index in [2.05, 4.69) is 0 Å². The second kappa shape index (κ2) is 7.86. The molecule has 7 heteroatoms. The van der Waals surface area contributed by atoms with Crippen LogP contribution < -0.4 is 9.64 Å². The highest BCUT2D eigenvalue weighted by atomic mass is 16.6. The first-order valence-electron chi connectivity index (χ1n) is 8.56. The summed E-state index contributed by atoms with van der Waals surface area (Å²) >= 11 is 0. The fourth-order valence-corrected chi connectivity index (χ4v) is 2.76. The summed E-state index contributed by atoms with van der Waals surface area (Å²) in [6.07, 6.45) is -0.0838. The van der Waals surface area contributed by atoms with Crippen molar-refractivity contribution in [3.05, 3.63) is 23.8 Å². The number of amides is 1. The van der Waals surface area contributed by atoms with Gasteiger partial charge >= 0.3 is 5.97 Å². The SMILES string of the molecule is CCC(=O)c1ccc2c(c1)N(CC(=O)OC(C)COC)C(=O)C(C)(C)O2. The van der Waals surface area contributed by atoms with E-state index in [1.54, 1.807) is 45.9 Å². The van der Waals surface area contributed by atoms with E-state index >= 15 is 0 Å². The Balaban J connectivity index is 2.33. The van der Waals surface area contributed by atoms with E-state index in [0.717, 1.165) is 0 Å². The van der Waals surface area contributed by atoms with Gasteiger partial charge in [0.1, 0.15) is 18.4 Å². The van der Waals surface area contributed by atoms with Crippen LogP contribution in [0, 0.1) is 0 Å². The van der Waals surface area contributed by atoms with Crippen molar-refractivity contribution in [2.45, 2.75) is 45.8 Å². The van der Waals surface area contributed by atoms with Gasteiger partial charge < -0.3 is 14.2 Å². The number of anilines is 1. The highest BCUT2D eigenvalue weighted by Crippen LogP contribution is 2.38. The Morgan fingerprint density at radius 1 is 1.31 bits per heavy atom. The van der Waals surface area contributed by atoms with Gasteiger partial charge in [0.2, 0.25) is 0 Å². The van der Waals surface area contributed by atoms with E-state index in [9.17, 15) is 14.4 Å². The van der Waals surface area contributed by atoms with Crippen LogP contribution in [-0.2, 0) is 19.1 Å². The standard InChI is InChI=1S/C19H25NO6/c1-6-15(21)13-7-8-16-14(9-13)20(18(23)19(3,4)26-16)10-17(22)25-12(2)11-24-5/h7-9,12H,6,10-11H2,1-5H3. The number of benzene rings is 1. The van der Waals surface area contributed by atoms with Gasteiger partial charge in [0.15, 0.2) is 11.4 Å². The van der Waals surface area contributed by atoms with Crippen molar-refractivity contribution < 1.29 is 28.6 Å². The third kappa shape index (κ3) is 4.22. The Labute approximate surface area is 153 Å². The molecule has 142 valence electrons. The first-order chi connectivity index (χ1) is 12.2. The Morgan fingerprint density at radius 3 is 2.62 bits per heavy atom. The van der Waals surface area contributed by atoms with Crippen LogP contribution in [0.2, 0.25) is 0 Å². The van der Waals surface area contributed by atoms with Gasteiger partial charge in [-0.3, -0.25) is 19.3 Å². The summed E-state index contributed by atoms with van der Waals surface area (Å²) in [6.45, 7) is 6.73. The van der Waals surface area contributed by atoms with Gasteiger partial charge in [-0.05, 0) is 39.0 Å². The fourth-order valence-electron chi connectivity index (χ4n) is 2.76. The molecule has 1 aromatic rings. The number of carbonyl (C=O) groups excluding carboxylic acids is 3. The molecule has 1 heterocycles. The maximum absolute atomic E-state index is 12.8. The summed E-state index contributed by atoms with van der Waals surface area (Å²) in [7, 11) is 1.51. The zero-order valence-corrected chi connectivity index (χ0v) is 15.8. The first-order valence-corrected chi connectivity index (χ1v) is 8.56. The van der Waals surface area contributed by atoms with Crippen molar-refractivity contribution in [3.63, 3.8) is 0 Å². The number of ketones is 1. The summed E-state index contributed by atoms with van der Waals surface area (Å²) in [5, 5.41) is 0. The van der Waals surface area contributed by atoms with Gasteiger partial charge in [-0.25, -0.2) is 0 Å². The summed E-state index contributed by atoms with van der Waals surface area (Å²) in [5.74, 6) is -0.539. The quantitative estimate of drug-likeness (QED) is 0.546. The molecule has 0 radical (unpaired) electrons. The molecule has 0 aliphatic carbocycles. The lowest BCUT2D eigenvalue weighted by Crippen LogP contribution is -2.54. The minimum absolute atomic E-state index is 0.0543. The predicted octanol–water partition coefficient (Wildman–Crippen LogP) is 2.36. The van der Waals surface area contributed by atoms with Gasteiger partial charge in [0, 0.05) is 19.1 Å². The van der Waals surface area contributed by atoms with E-state index in [-0.39, 0.29) is 24.8 Å². The molecule has 0 fully saturated rings. The highest BCUT2D eigenvalue weighted by Gasteiger charge is 2.42. The molecule has 7 nitrogen and oxygen atoms in total. The van der Waals surface area contributed by atoms with Crippen LogP contribution >= 0.6 is 0 Å². The van der Waals surface area contributed by atoms with Crippen molar-refractivity contribution in [1.82, 2.24) is 0 Å². The summed E-state index contributed by atoms with van der Waals surface area (Å²) in [4.78, 5) is 38.4. The number of carbonyl (C=O) groups is 3. The number of hydrogen-bond donors (Lipinski definition) is 0. The molecule has 1 aliphatic rings. The maximum atomic E-state index is 12.8. The Hall–Kier alpha value is -2.41. The number of nitrogens with zero attached hydrogens (tertiary/aromatic N) is 1. The lowest BCUT2D eigenvalue weighted by molar-refractivity contribution is -0.150. The Kier molecular flexibility index (Phi) is 6.02. The second-order valence-electron chi connectivity index (χ2n) is 6.72. The van der Waals surface area contributed by atoms with Crippen LogP contribution in [0.4, 0.5) is 5.69 Å². The molecular formula is C19H25NO6. The first kappa shape index (κ1) is 19.9. The second-order valence-corrected chi connectivity index (χ2v) is 6.72. The molecule has 1 aliphatic heterocycles. The topological polar surface area (TPSA) is 82.1 Å². The van der Waals surface area contributed by atoms with Gasteiger partial charge in [-0.2, -0.15) is 0 Å². The zero-order chi connectivity index (χ0) is 19.5. The molecule has 1 atom stereocenters. The van der Waals surface area contributed by atoms with Crippen LogP contribution in [-0.4, -0.2) is 49.6 Å². The minimum Gasteiger partial charge on any atom is -0.476 e. The molecule has 0 aromatic heterocycles. The van der Waals surface area contributed by atoms with E-state index in [1.807, 2.05) is 0 Å². The van der Waals surface area contributed by atoms with Crippen LogP contribution in [0.15, 0.2) is 18.2 Å². The number of ether oxygens (including phenoxy) is 3. The van der Waals surface area contributed by atoms with E-state index in [1.165, 1.54) is 12.0 Å². The fraction of sp³-hybridized carbons (Fsp3) is 0.526. The number of Topliss-reactive ketones (excluding diaryl/α,β-unsaturated/α-hetero) is 1. The number of hydrogen-bond acceptors (Lipinski definition) is 6. The molecule has 0 saturated carbocycles. The minimum atomic E-state index is -1.12. The van der Waals surface area contributed by atoms with Crippen molar-refractivity contribution in [3.8, 4) is 5.75 Å². The van der Waals surface area contributed by atoms with Crippen LogP contribution in [0.3, 0.4) is 0 Å². The van der Waals surface area contributed by atoms with Crippen LogP contribution in [0.1, 0.15) is 44.5 Å². The van der Waals surface area contributed by atoms with E-state index in [0.29, 0.717) is 23.4 Å². The van der Waals surface area contributed by atoms with Crippen molar-refractivity contribution in [2.24, 2.45) is 0 Å². The molecule has 26 heavy (non-hydrogen) atoms. The molecule has 0 spiro atoms. The molecule has 1 aromatic carbocycles. The average Bonchev–Trinajstić information content (AvgIpc) is 2.57. The molecular weight excluding hydrogens is 338 g/mol.